The third-order valence-corrected chi connectivity index (χ3v) is 4.34. The Kier molecular flexibility index (Phi) is 4.65. The first kappa shape index (κ1) is 17.3. The van der Waals surface area contributed by atoms with E-state index in [1.54, 1.807) is 12.1 Å². The number of likely N-dealkylation sites (tertiary alicyclic amines) is 1. The molecule has 25 heavy (non-hydrogen) atoms. The van der Waals surface area contributed by atoms with Gasteiger partial charge in [0.15, 0.2) is 5.69 Å². The molecular formula is C18H17F3N2O2. The van der Waals surface area contributed by atoms with Gasteiger partial charge in [0.1, 0.15) is 5.75 Å². The minimum atomic E-state index is -4.66. The zero-order valence-corrected chi connectivity index (χ0v) is 13.3. The summed E-state index contributed by atoms with van der Waals surface area (Å²) in [6.07, 6.45) is -2.17. The number of amides is 1. The number of rotatable bonds is 3. The molecule has 1 atom stereocenters. The highest BCUT2D eigenvalue weighted by Crippen LogP contribution is 2.31. The van der Waals surface area contributed by atoms with Crippen molar-refractivity contribution in [1.29, 1.82) is 0 Å². The van der Waals surface area contributed by atoms with Crippen molar-refractivity contribution in [2.24, 2.45) is 5.92 Å². The molecule has 3 rings (SSSR count). The normalized spacial score (nSPS) is 17.7. The first-order chi connectivity index (χ1) is 11.8. The summed E-state index contributed by atoms with van der Waals surface area (Å²) in [7, 11) is 0. The van der Waals surface area contributed by atoms with Crippen molar-refractivity contribution in [3.63, 3.8) is 0 Å². The van der Waals surface area contributed by atoms with Crippen LogP contribution in [0.3, 0.4) is 0 Å². The van der Waals surface area contributed by atoms with Gasteiger partial charge in [-0.15, -0.1) is 0 Å². The number of hydrogen-bond acceptors (Lipinski definition) is 3. The van der Waals surface area contributed by atoms with Crippen LogP contribution in [0.15, 0.2) is 42.6 Å². The van der Waals surface area contributed by atoms with E-state index in [1.165, 1.54) is 17.0 Å². The quantitative estimate of drug-likeness (QED) is 0.922. The van der Waals surface area contributed by atoms with Crippen molar-refractivity contribution in [2.75, 3.05) is 13.1 Å². The summed E-state index contributed by atoms with van der Waals surface area (Å²) in [4.78, 5) is 17.3. The van der Waals surface area contributed by atoms with Crippen LogP contribution >= 0.6 is 0 Å². The van der Waals surface area contributed by atoms with E-state index in [4.69, 9.17) is 0 Å². The van der Waals surface area contributed by atoms with Gasteiger partial charge in [0.2, 0.25) is 0 Å². The molecule has 1 aromatic heterocycles. The van der Waals surface area contributed by atoms with Gasteiger partial charge in [-0.1, -0.05) is 12.1 Å². The van der Waals surface area contributed by atoms with E-state index in [0.29, 0.717) is 19.5 Å². The molecule has 0 bridgehead atoms. The molecule has 1 saturated heterocycles. The van der Waals surface area contributed by atoms with Gasteiger partial charge in [-0.25, -0.2) is 0 Å². The maximum atomic E-state index is 13.0. The summed E-state index contributed by atoms with van der Waals surface area (Å²) in [6.45, 7) is 0.833. The number of carbonyl (C=O) groups is 1. The molecule has 132 valence electrons. The van der Waals surface area contributed by atoms with Crippen molar-refractivity contribution < 1.29 is 23.1 Å². The number of aromatic hydroxyl groups is 1. The van der Waals surface area contributed by atoms with Crippen molar-refractivity contribution in [3.05, 3.63) is 59.4 Å². The number of alkyl halides is 3. The summed E-state index contributed by atoms with van der Waals surface area (Å²) in [6, 6.07) is 9.32. The van der Waals surface area contributed by atoms with E-state index in [1.807, 2.05) is 12.1 Å². The van der Waals surface area contributed by atoms with Crippen LogP contribution in [0.5, 0.6) is 5.75 Å². The molecule has 0 saturated carbocycles. The molecule has 1 N–H and O–H groups in total. The number of halogens is 3. The van der Waals surface area contributed by atoms with Crippen LogP contribution in [0.25, 0.3) is 0 Å². The van der Waals surface area contributed by atoms with E-state index < -0.39 is 23.3 Å². The van der Waals surface area contributed by atoms with Gasteiger partial charge in [0, 0.05) is 19.3 Å². The smallest absolute Gasteiger partial charge is 0.434 e. The Bertz CT molecular complexity index is 760. The summed E-state index contributed by atoms with van der Waals surface area (Å²) < 4.78 is 39.1. The Labute approximate surface area is 142 Å². The van der Waals surface area contributed by atoms with Gasteiger partial charge >= 0.3 is 6.18 Å². The minimum absolute atomic E-state index is 0.180. The molecule has 0 radical (unpaired) electrons. The maximum Gasteiger partial charge on any atom is 0.434 e. The second-order valence-electron chi connectivity index (χ2n) is 6.17. The number of benzene rings is 1. The van der Waals surface area contributed by atoms with Crippen LogP contribution in [-0.4, -0.2) is 34.0 Å². The molecule has 1 amide bonds. The zero-order valence-electron chi connectivity index (χ0n) is 13.3. The van der Waals surface area contributed by atoms with Crippen LogP contribution in [0.4, 0.5) is 13.2 Å². The molecule has 2 aromatic rings. The fraction of sp³-hybridized carbons (Fsp3) is 0.333. The summed E-state index contributed by atoms with van der Waals surface area (Å²) >= 11 is 0. The van der Waals surface area contributed by atoms with E-state index >= 15 is 0 Å². The van der Waals surface area contributed by atoms with Crippen LogP contribution in [0.1, 0.15) is 28.0 Å². The lowest BCUT2D eigenvalue weighted by Crippen LogP contribution is -2.31. The molecular weight excluding hydrogens is 333 g/mol. The molecule has 0 spiro atoms. The molecule has 1 aliphatic rings. The highest BCUT2D eigenvalue weighted by molar-refractivity contribution is 5.95. The highest BCUT2D eigenvalue weighted by atomic mass is 19.4. The van der Waals surface area contributed by atoms with Gasteiger partial charge in [0.25, 0.3) is 5.91 Å². The largest absolute Gasteiger partial charge is 0.508 e. The zero-order chi connectivity index (χ0) is 18.0. The van der Waals surface area contributed by atoms with Crippen molar-refractivity contribution >= 4 is 5.91 Å². The lowest BCUT2D eigenvalue weighted by molar-refractivity contribution is -0.141. The Balaban J connectivity index is 1.70. The number of phenolic OH excluding ortho intramolecular Hbond substituents is 1. The molecule has 1 aromatic carbocycles. The lowest BCUT2D eigenvalue weighted by Gasteiger charge is -2.19. The third kappa shape index (κ3) is 3.92. The van der Waals surface area contributed by atoms with Crippen LogP contribution in [-0.2, 0) is 12.6 Å². The van der Waals surface area contributed by atoms with Gasteiger partial charge < -0.3 is 10.0 Å². The Hall–Kier alpha value is -2.57. The van der Waals surface area contributed by atoms with E-state index in [2.05, 4.69) is 4.98 Å². The average molecular weight is 350 g/mol. The topological polar surface area (TPSA) is 53.4 Å². The molecule has 4 nitrogen and oxygen atoms in total. The summed E-state index contributed by atoms with van der Waals surface area (Å²) in [5, 5.41) is 9.30. The Morgan fingerprint density at radius 3 is 2.64 bits per heavy atom. The number of nitrogens with zero attached hydrogens (tertiary/aromatic N) is 2. The van der Waals surface area contributed by atoms with E-state index in [9.17, 15) is 23.1 Å². The maximum absolute atomic E-state index is 13.0. The van der Waals surface area contributed by atoms with E-state index in [-0.39, 0.29) is 11.7 Å². The highest BCUT2D eigenvalue weighted by Gasteiger charge is 2.38. The average Bonchev–Trinajstić information content (AvgIpc) is 3.04. The van der Waals surface area contributed by atoms with Crippen LogP contribution in [0, 0.1) is 5.92 Å². The fourth-order valence-corrected chi connectivity index (χ4v) is 3.12. The van der Waals surface area contributed by atoms with Gasteiger partial charge in [0.05, 0.1) is 5.56 Å². The molecule has 0 aliphatic carbocycles. The molecule has 2 heterocycles. The predicted octanol–water partition coefficient (Wildman–Crippen LogP) is 3.51. The number of pyridine rings is 1. The first-order valence-corrected chi connectivity index (χ1v) is 7.94. The van der Waals surface area contributed by atoms with Crippen molar-refractivity contribution in [2.45, 2.75) is 19.0 Å². The summed E-state index contributed by atoms with van der Waals surface area (Å²) in [5.41, 5.74) is -0.517. The minimum Gasteiger partial charge on any atom is -0.508 e. The van der Waals surface area contributed by atoms with Gasteiger partial charge in [-0.2, -0.15) is 13.2 Å². The molecule has 1 fully saturated rings. The SMILES string of the molecule is O=C(c1cccnc1C(F)(F)F)N1CCC(Cc2ccc(O)cc2)C1. The van der Waals surface area contributed by atoms with E-state index in [0.717, 1.165) is 18.2 Å². The second kappa shape index (κ2) is 6.74. The Morgan fingerprint density at radius 2 is 1.96 bits per heavy atom. The molecule has 1 unspecified atom stereocenters. The molecule has 7 heteroatoms. The van der Waals surface area contributed by atoms with Crippen molar-refractivity contribution in [3.8, 4) is 5.75 Å². The number of aromatic nitrogens is 1. The predicted molar refractivity (Wildman–Crippen MR) is 85.1 cm³/mol. The van der Waals surface area contributed by atoms with Crippen LogP contribution in [0.2, 0.25) is 0 Å². The van der Waals surface area contributed by atoms with Crippen molar-refractivity contribution in [1.82, 2.24) is 9.88 Å². The van der Waals surface area contributed by atoms with Gasteiger partial charge in [-0.3, -0.25) is 9.78 Å². The Morgan fingerprint density at radius 1 is 1.24 bits per heavy atom. The van der Waals surface area contributed by atoms with Crippen LogP contribution < -0.4 is 0 Å². The third-order valence-electron chi connectivity index (χ3n) is 4.34. The lowest BCUT2D eigenvalue weighted by atomic mass is 9.99. The fourth-order valence-electron chi connectivity index (χ4n) is 3.12. The van der Waals surface area contributed by atoms with Gasteiger partial charge in [-0.05, 0) is 48.6 Å². The first-order valence-electron chi connectivity index (χ1n) is 7.94. The summed E-state index contributed by atoms with van der Waals surface area (Å²) in [5.74, 6) is -0.267. The number of hydrogen-bond donors (Lipinski definition) is 1. The number of phenols is 1. The standard InChI is InChI=1S/C18H17F3N2O2/c19-18(20,21)16-15(2-1-8-22-16)17(25)23-9-7-13(11-23)10-12-3-5-14(24)6-4-12/h1-6,8,13,24H,7,9-11H2. The monoisotopic (exact) mass is 350 g/mol. The second-order valence-corrected chi connectivity index (χ2v) is 6.17. The number of carbonyl (C=O) groups excluding carboxylic acids is 1. The molecule has 1 aliphatic heterocycles.